The zero-order valence-electron chi connectivity index (χ0n) is 10.7. The number of carbonyl (C=O) groups excluding carboxylic acids is 2. The minimum Gasteiger partial charge on any atom is -0.469 e. The van der Waals surface area contributed by atoms with Gasteiger partial charge in [0.2, 0.25) is 0 Å². The monoisotopic (exact) mass is 265 g/mol. The van der Waals surface area contributed by atoms with Crippen LogP contribution in [-0.2, 0) is 14.3 Å². The first kappa shape index (κ1) is 14.8. The van der Waals surface area contributed by atoms with Crippen molar-refractivity contribution in [2.45, 2.75) is 19.3 Å². The van der Waals surface area contributed by atoms with Gasteiger partial charge < -0.3 is 9.53 Å². The Labute approximate surface area is 110 Å². The lowest BCUT2D eigenvalue weighted by Gasteiger charge is -2.20. The second kappa shape index (κ2) is 6.63. The summed E-state index contributed by atoms with van der Waals surface area (Å²) < 4.78 is 4.72. The standard InChI is InChI=1S/C13H15NO5/c1-9(7-8-15)12(13(16)19-2)10-3-5-11(6-4-10)14(17)18/h3-6,8-9,12H,7H2,1-2H3/t9-,12-/m0/s1. The number of rotatable bonds is 6. The molecule has 0 amide bonds. The summed E-state index contributed by atoms with van der Waals surface area (Å²) in [5.74, 6) is -1.29. The Balaban J connectivity index is 3.06. The number of non-ortho nitro benzene ring substituents is 1. The summed E-state index contributed by atoms with van der Waals surface area (Å²) in [7, 11) is 1.27. The molecule has 1 aromatic carbocycles. The molecule has 0 heterocycles. The summed E-state index contributed by atoms with van der Waals surface area (Å²) in [4.78, 5) is 32.4. The molecule has 1 aromatic rings. The van der Waals surface area contributed by atoms with Crippen LogP contribution in [-0.4, -0.2) is 24.3 Å². The van der Waals surface area contributed by atoms with Crippen molar-refractivity contribution in [3.63, 3.8) is 0 Å². The maximum Gasteiger partial charge on any atom is 0.313 e. The lowest BCUT2D eigenvalue weighted by Crippen LogP contribution is -2.21. The molecule has 0 aromatic heterocycles. The van der Waals surface area contributed by atoms with E-state index in [0.717, 1.165) is 6.29 Å². The molecule has 0 aliphatic carbocycles. The highest BCUT2D eigenvalue weighted by Crippen LogP contribution is 2.29. The fourth-order valence-corrected chi connectivity index (χ4v) is 1.92. The number of aldehydes is 1. The number of hydrogen-bond acceptors (Lipinski definition) is 5. The van der Waals surface area contributed by atoms with Crippen LogP contribution in [0.25, 0.3) is 0 Å². The first-order valence-electron chi connectivity index (χ1n) is 5.77. The summed E-state index contributed by atoms with van der Waals surface area (Å²) >= 11 is 0. The van der Waals surface area contributed by atoms with E-state index in [9.17, 15) is 19.7 Å². The molecule has 2 atom stereocenters. The lowest BCUT2D eigenvalue weighted by molar-refractivity contribution is -0.384. The predicted octanol–water partition coefficient (Wildman–Crippen LogP) is 2.08. The predicted molar refractivity (Wildman–Crippen MR) is 67.7 cm³/mol. The molecule has 102 valence electrons. The Bertz CT molecular complexity index is 468. The van der Waals surface area contributed by atoms with Crippen molar-refractivity contribution in [3.05, 3.63) is 39.9 Å². The molecular formula is C13H15NO5. The molecule has 0 aliphatic rings. The van der Waals surface area contributed by atoms with Gasteiger partial charge in [0.25, 0.3) is 5.69 Å². The summed E-state index contributed by atoms with van der Waals surface area (Å²) in [5, 5.41) is 10.6. The van der Waals surface area contributed by atoms with E-state index in [-0.39, 0.29) is 18.0 Å². The Kier molecular flexibility index (Phi) is 5.17. The van der Waals surface area contributed by atoms with Crippen molar-refractivity contribution in [2.75, 3.05) is 7.11 Å². The Morgan fingerprint density at radius 1 is 1.42 bits per heavy atom. The van der Waals surface area contributed by atoms with Gasteiger partial charge in [0.15, 0.2) is 0 Å². The minimum absolute atomic E-state index is 0.0459. The van der Waals surface area contributed by atoms with Gasteiger partial charge in [-0.3, -0.25) is 14.9 Å². The van der Waals surface area contributed by atoms with Crippen molar-refractivity contribution in [2.24, 2.45) is 5.92 Å². The highest BCUT2D eigenvalue weighted by Gasteiger charge is 2.27. The highest BCUT2D eigenvalue weighted by molar-refractivity contribution is 5.79. The van der Waals surface area contributed by atoms with Gasteiger partial charge in [0, 0.05) is 18.6 Å². The average Bonchev–Trinajstić information content (AvgIpc) is 2.39. The van der Waals surface area contributed by atoms with Gasteiger partial charge in [-0.05, 0) is 11.5 Å². The molecule has 6 heteroatoms. The van der Waals surface area contributed by atoms with Gasteiger partial charge in [-0.15, -0.1) is 0 Å². The zero-order valence-corrected chi connectivity index (χ0v) is 10.7. The highest BCUT2D eigenvalue weighted by atomic mass is 16.6. The lowest BCUT2D eigenvalue weighted by atomic mass is 9.85. The van der Waals surface area contributed by atoms with Gasteiger partial charge in [0.1, 0.15) is 6.29 Å². The zero-order chi connectivity index (χ0) is 14.4. The third kappa shape index (κ3) is 3.61. The molecule has 6 nitrogen and oxygen atoms in total. The van der Waals surface area contributed by atoms with Crippen molar-refractivity contribution in [1.29, 1.82) is 0 Å². The molecule has 0 bridgehead atoms. The van der Waals surface area contributed by atoms with Crippen molar-refractivity contribution >= 4 is 17.9 Å². The second-order valence-electron chi connectivity index (χ2n) is 4.23. The number of methoxy groups -OCH3 is 1. The number of hydrogen-bond donors (Lipinski definition) is 0. The molecule has 0 saturated carbocycles. The van der Waals surface area contributed by atoms with Gasteiger partial charge in [-0.1, -0.05) is 19.1 Å². The molecule has 0 saturated heterocycles. The number of carbonyl (C=O) groups is 2. The summed E-state index contributed by atoms with van der Waals surface area (Å²) in [5.41, 5.74) is 0.558. The molecule has 19 heavy (non-hydrogen) atoms. The maximum atomic E-state index is 11.8. The fourth-order valence-electron chi connectivity index (χ4n) is 1.92. The van der Waals surface area contributed by atoms with Crippen LogP contribution in [0.5, 0.6) is 0 Å². The van der Waals surface area contributed by atoms with Gasteiger partial charge >= 0.3 is 5.97 Å². The van der Waals surface area contributed by atoms with Crippen LogP contribution < -0.4 is 0 Å². The van der Waals surface area contributed by atoms with E-state index < -0.39 is 16.8 Å². The SMILES string of the molecule is COC(=O)[C@H](c1ccc([N+](=O)[O-])cc1)[C@@H](C)CC=O. The van der Waals surface area contributed by atoms with Crippen LogP contribution in [0.15, 0.2) is 24.3 Å². The Hall–Kier alpha value is -2.24. The Morgan fingerprint density at radius 3 is 2.42 bits per heavy atom. The molecule has 0 spiro atoms. The molecule has 0 fully saturated rings. The van der Waals surface area contributed by atoms with Crippen LogP contribution >= 0.6 is 0 Å². The second-order valence-corrected chi connectivity index (χ2v) is 4.23. The summed E-state index contributed by atoms with van der Waals surface area (Å²) in [6.07, 6.45) is 0.961. The van der Waals surface area contributed by atoms with Crippen LogP contribution in [0.2, 0.25) is 0 Å². The smallest absolute Gasteiger partial charge is 0.313 e. The molecule has 0 unspecified atom stereocenters. The first-order chi connectivity index (χ1) is 9.01. The largest absolute Gasteiger partial charge is 0.469 e. The van der Waals surface area contributed by atoms with Crippen LogP contribution in [0.1, 0.15) is 24.8 Å². The maximum absolute atomic E-state index is 11.8. The van der Waals surface area contributed by atoms with Crippen LogP contribution in [0.3, 0.4) is 0 Å². The third-order valence-electron chi connectivity index (χ3n) is 2.96. The number of esters is 1. The van der Waals surface area contributed by atoms with E-state index in [1.165, 1.54) is 31.4 Å². The van der Waals surface area contributed by atoms with E-state index >= 15 is 0 Å². The third-order valence-corrected chi connectivity index (χ3v) is 2.96. The summed E-state index contributed by atoms with van der Waals surface area (Å²) in [6.45, 7) is 1.76. The van der Waals surface area contributed by atoms with E-state index in [4.69, 9.17) is 4.74 Å². The van der Waals surface area contributed by atoms with Crippen LogP contribution in [0.4, 0.5) is 5.69 Å². The van der Waals surface area contributed by atoms with Crippen molar-refractivity contribution in [3.8, 4) is 0 Å². The van der Waals surface area contributed by atoms with E-state index in [1.807, 2.05) is 0 Å². The van der Waals surface area contributed by atoms with Crippen molar-refractivity contribution in [1.82, 2.24) is 0 Å². The number of nitro groups is 1. The van der Waals surface area contributed by atoms with E-state index in [2.05, 4.69) is 0 Å². The van der Waals surface area contributed by atoms with Crippen molar-refractivity contribution < 1.29 is 19.2 Å². The van der Waals surface area contributed by atoms with Gasteiger partial charge in [0.05, 0.1) is 18.0 Å². The molecule has 0 aliphatic heterocycles. The Morgan fingerprint density at radius 2 is 2.00 bits per heavy atom. The normalized spacial score (nSPS) is 13.4. The quantitative estimate of drug-likeness (QED) is 0.340. The topological polar surface area (TPSA) is 86.5 Å². The number of nitro benzene ring substituents is 1. The first-order valence-corrected chi connectivity index (χ1v) is 5.77. The molecule has 1 rings (SSSR count). The molecular weight excluding hydrogens is 250 g/mol. The molecule has 0 radical (unpaired) electrons. The number of benzene rings is 1. The van der Waals surface area contributed by atoms with Gasteiger partial charge in [-0.2, -0.15) is 0 Å². The van der Waals surface area contributed by atoms with E-state index in [0.29, 0.717) is 5.56 Å². The number of ether oxygens (including phenoxy) is 1. The van der Waals surface area contributed by atoms with E-state index in [1.54, 1.807) is 6.92 Å². The summed E-state index contributed by atoms with van der Waals surface area (Å²) in [6, 6.07) is 5.69. The number of nitrogens with zero attached hydrogens (tertiary/aromatic N) is 1. The van der Waals surface area contributed by atoms with Crippen LogP contribution in [0, 0.1) is 16.0 Å². The average molecular weight is 265 g/mol. The molecule has 0 N–H and O–H groups in total. The minimum atomic E-state index is -0.601. The van der Waals surface area contributed by atoms with Gasteiger partial charge in [-0.25, -0.2) is 0 Å². The fraction of sp³-hybridized carbons (Fsp3) is 0.385.